The van der Waals surface area contributed by atoms with Crippen molar-refractivity contribution in [3.63, 3.8) is 0 Å². The molecule has 8 heteroatoms. The Morgan fingerprint density at radius 3 is 2.42 bits per heavy atom. The molecule has 1 aliphatic rings. The standard InChI is InChI=1S/C28H34N4O4/c1-19(22-7-5-4-6-8-22)36-28(34)29-27-26(30-31-32(27)3)25-15-13-24(14-16-25)23-11-9-21(10-12-23)17-18-35-20(2)33/h4-8,13-16,19,21,23H,9-12,17-18H2,1-3H3,(H,29,34)/t19-,21?,23?/m1/s1. The Morgan fingerprint density at radius 2 is 1.75 bits per heavy atom. The zero-order chi connectivity index (χ0) is 25.5. The van der Waals surface area contributed by atoms with Gasteiger partial charge in [-0.05, 0) is 62.0 Å². The average molecular weight is 491 g/mol. The van der Waals surface area contributed by atoms with E-state index >= 15 is 0 Å². The van der Waals surface area contributed by atoms with Gasteiger partial charge in [0.05, 0.1) is 6.61 Å². The van der Waals surface area contributed by atoms with Gasteiger partial charge in [-0.1, -0.05) is 59.8 Å². The maximum Gasteiger partial charge on any atom is 0.413 e. The molecular formula is C28H34N4O4. The number of amides is 1. The van der Waals surface area contributed by atoms with Crippen molar-refractivity contribution >= 4 is 17.9 Å². The highest BCUT2D eigenvalue weighted by molar-refractivity contribution is 5.88. The smallest absolute Gasteiger partial charge is 0.413 e. The molecule has 0 unspecified atom stereocenters. The number of hydrogen-bond donors (Lipinski definition) is 1. The topological polar surface area (TPSA) is 95.3 Å². The Labute approximate surface area is 212 Å². The summed E-state index contributed by atoms with van der Waals surface area (Å²) in [4.78, 5) is 23.6. The molecule has 1 aromatic heterocycles. The zero-order valence-electron chi connectivity index (χ0n) is 21.1. The summed E-state index contributed by atoms with van der Waals surface area (Å²) in [5.74, 6) is 1.43. The average Bonchev–Trinajstić information content (AvgIpc) is 3.24. The summed E-state index contributed by atoms with van der Waals surface area (Å²) < 4.78 is 12.2. The number of anilines is 1. The Hall–Kier alpha value is -3.68. The Bertz CT molecular complexity index is 1150. The van der Waals surface area contributed by atoms with E-state index in [1.54, 1.807) is 7.05 Å². The third kappa shape index (κ3) is 6.50. The number of hydrogen-bond acceptors (Lipinski definition) is 6. The Balaban J connectivity index is 1.35. The second-order valence-corrected chi connectivity index (χ2v) is 9.46. The predicted molar refractivity (Wildman–Crippen MR) is 137 cm³/mol. The van der Waals surface area contributed by atoms with E-state index in [2.05, 4.69) is 27.8 Å². The van der Waals surface area contributed by atoms with E-state index < -0.39 is 6.09 Å². The largest absolute Gasteiger partial charge is 0.466 e. The highest BCUT2D eigenvalue weighted by atomic mass is 16.6. The van der Waals surface area contributed by atoms with Crippen LogP contribution in [0.1, 0.15) is 69.1 Å². The molecule has 0 aliphatic heterocycles. The summed E-state index contributed by atoms with van der Waals surface area (Å²) in [5, 5.41) is 11.2. The molecule has 1 saturated carbocycles. The molecule has 8 nitrogen and oxygen atoms in total. The first-order valence-corrected chi connectivity index (χ1v) is 12.6. The normalized spacial score (nSPS) is 18.3. The molecule has 1 N–H and O–H groups in total. The van der Waals surface area contributed by atoms with Crippen LogP contribution >= 0.6 is 0 Å². The van der Waals surface area contributed by atoms with Crippen LogP contribution < -0.4 is 5.32 Å². The molecule has 1 atom stereocenters. The van der Waals surface area contributed by atoms with Gasteiger partial charge in [0.15, 0.2) is 5.82 Å². The molecule has 36 heavy (non-hydrogen) atoms. The van der Waals surface area contributed by atoms with Gasteiger partial charge >= 0.3 is 12.1 Å². The number of aryl methyl sites for hydroxylation is 1. The lowest BCUT2D eigenvalue weighted by molar-refractivity contribution is -0.141. The molecule has 0 spiro atoms. The first kappa shape index (κ1) is 25.4. The summed E-state index contributed by atoms with van der Waals surface area (Å²) in [7, 11) is 1.74. The number of esters is 1. The lowest BCUT2D eigenvalue weighted by atomic mass is 9.77. The minimum atomic E-state index is -0.555. The van der Waals surface area contributed by atoms with Crippen LogP contribution in [0.3, 0.4) is 0 Å². The predicted octanol–water partition coefficient (Wildman–Crippen LogP) is 6.02. The number of nitrogens with zero attached hydrogens (tertiary/aromatic N) is 3. The van der Waals surface area contributed by atoms with Crippen LogP contribution in [0.25, 0.3) is 11.3 Å². The van der Waals surface area contributed by atoms with E-state index in [0.717, 1.165) is 43.2 Å². The summed E-state index contributed by atoms with van der Waals surface area (Å²) >= 11 is 0. The van der Waals surface area contributed by atoms with Crippen LogP contribution in [0.5, 0.6) is 0 Å². The fourth-order valence-electron chi connectivity index (χ4n) is 4.84. The van der Waals surface area contributed by atoms with Gasteiger partial charge in [0.1, 0.15) is 11.8 Å². The first-order valence-electron chi connectivity index (χ1n) is 12.6. The maximum absolute atomic E-state index is 12.6. The number of benzene rings is 2. The number of rotatable bonds is 8. The van der Waals surface area contributed by atoms with Crippen molar-refractivity contribution in [3.05, 3.63) is 65.7 Å². The third-order valence-electron chi connectivity index (χ3n) is 6.93. The summed E-state index contributed by atoms with van der Waals surface area (Å²) in [5.41, 5.74) is 3.72. The van der Waals surface area contributed by atoms with E-state index in [4.69, 9.17) is 9.47 Å². The van der Waals surface area contributed by atoms with Crippen molar-refractivity contribution in [1.82, 2.24) is 15.0 Å². The molecule has 0 saturated heterocycles. The molecule has 1 amide bonds. The van der Waals surface area contributed by atoms with Crippen molar-refractivity contribution in [1.29, 1.82) is 0 Å². The van der Waals surface area contributed by atoms with Crippen LogP contribution in [-0.2, 0) is 21.3 Å². The highest BCUT2D eigenvalue weighted by Crippen LogP contribution is 2.38. The van der Waals surface area contributed by atoms with Gasteiger partial charge in [-0.25, -0.2) is 9.48 Å². The van der Waals surface area contributed by atoms with Crippen LogP contribution in [0, 0.1) is 5.92 Å². The molecular weight excluding hydrogens is 456 g/mol. The Kier molecular flexibility index (Phi) is 8.36. The molecule has 3 aromatic rings. The van der Waals surface area contributed by atoms with Crippen LogP contribution in [0.4, 0.5) is 10.6 Å². The van der Waals surface area contributed by atoms with Crippen molar-refractivity contribution in [2.75, 3.05) is 11.9 Å². The quantitative estimate of drug-likeness (QED) is 0.388. The zero-order valence-corrected chi connectivity index (χ0v) is 21.1. The number of ether oxygens (including phenoxy) is 2. The molecule has 1 fully saturated rings. The monoisotopic (exact) mass is 490 g/mol. The molecule has 4 rings (SSSR count). The molecule has 1 aliphatic carbocycles. The number of carbonyl (C=O) groups excluding carboxylic acids is 2. The van der Waals surface area contributed by atoms with Gasteiger partial charge in [0.25, 0.3) is 0 Å². The van der Waals surface area contributed by atoms with Gasteiger partial charge < -0.3 is 9.47 Å². The fraction of sp³-hybridized carbons (Fsp3) is 0.429. The molecule has 1 heterocycles. The van der Waals surface area contributed by atoms with Crippen LogP contribution in [0.15, 0.2) is 54.6 Å². The fourth-order valence-corrected chi connectivity index (χ4v) is 4.84. The van der Waals surface area contributed by atoms with Gasteiger partial charge in [-0.15, -0.1) is 5.10 Å². The van der Waals surface area contributed by atoms with Crippen molar-refractivity contribution in [2.24, 2.45) is 13.0 Å². The second-order valence-electron chi connectivity index (χ2n) is 9.46. The summed E-state index contributed by atoms with van der Waals surface area (Å²) in [6.07, 6.45) is 4.57. The van der Waals surface area contributed by atoms with Crippen LogP contribution in [0.2, 0.25) is 0 Å². The second kappa shape index (κ2) is 11.8. The van der Waals surface area contributed by atoms with Gasteiger partial charge in [0, 0.05) is 19.5 Å². The Morgan fingerprint density at radius 1 is 1.06 bits per heavy atom. The van der Waals surface area contributed by atoms with E-state index in [9.17, 15) is 9.59 Å². The van der Waals surface area contributed by atoms with E-state index in [1.165, 1.54) is 17.2 Å². The lowest BCUT2D eigenvalue weighted by Gasteiger charge is -2.28. The number of carbonyl (C=O) groups is 2. The maximum atomic E-state index is 12.6. The molecule has 0 radical (unpaired) electrons. The minimum Gasteiger partial charge on any atom is -0.466 e. The van der Waals surface area contributed by atoms with Gasteiger partial charge in [-0.2, -0.15) is 0 Å². The van der Waals surface area contributed by atoms with Crippen molar-refractivity contribution in [3.8, 4) is 11.3 Å². The summed E-state index contributed by atoms with van der Waals surface area (Å²) in [6.45, 7) is 3.81. The molecule has 190 valence electrons. The number of nitrogens with one attached hydrogen (secondary N) is 1. The first-order chi connectivity index (χ1) is 17.4. The van der Waals surface area contributed by atoms with E-state index in [1.807, 2.05) is 49.4 Å². The third-order valence-corrected chi connectivity index (χ3v) is 6.93. The van der Waals surface area contributed by atoms with E-state index in [-0.39, 0.29) is 12.1 Å². The van der Waals surface area contributed by atoms with E-state index in [0.29, 0.717) is 30.0 Å². The summed E-state index contributed by atoms with van der Waals surface area (Å²) in [6, 6.07) is 18.0. The van der Waals surface area contributed by atoms with Gasteiger partial charge in [0.2, 0.25) is 0 Å². The van der Waals surface area contributed by atoms with Crippen molar-refractivity contribution in [2.45, 2.75) is 58.0 Å². The minimum absolute atomic E-state index is 0.205. The molecule has 0 bridgehead atoms. The van der Waals surface area contributed by atoms with Gasteiger partial charge in [-0.3, -0.25) is 10.1 Å². The SMILES string of the molecule is CC(=O)OCCC1CCC(c2ccc(-c3nnn(C)c3NC(=O)O[C@H](C)c3ccccc3)cc2)CC1. The number of aromatic nitrogens is 3. The highest BCUT2D eigenvalue weighted by Gasteiger charge is 2.23. The lowest BCUT2D eigenvalue weighted by Crippen LogP contribution is -2.18. The molecule has 2 aromatic carbocycles. The van der Waals surface area contributed by atoms with Crippen LogP contribution in [-0.4, -0.2) is 33.7 Å². The van der Waals surface area contributed by atoms with Crippen molar-refractivity contribution < 1.29 is 19.1 Å².